The van der Waals surface area contributed by atoms with Crippen molar-refractivity contribution in [2.45, 2.75) is 13.5 Å². The van der Waals surface area contributed by atoms with Gasteiger partial charge in [0.15, 0.2) is 0 Å². The molecule has 0 aromatic carbocycles. The summed E-state index contributed by atoms with van der Waals surface area (Å²) in [5.41, 5.74) is 1.27. The van der Waals surface area contributed by atoms with Crippen LogP contribution in [0.5, 0.6) is 0 Å². The Labute approximate surface area is 125 Å². The molecule has 19 heavy (non-hydrogen) atoms. The third-order valence-electron chi connectivity index (χ3n) is 2.46. The van der Waals surface area contributed by atoms with Crippen molar-refractivity contribution in [2.24, 2.45) is 0 Å². The molecule has 0 aliphatic rings. The van der Waals surface area contributed by atoms with E-state index < -0.39 is 0 Å². The van der Waals surface area contributed by atoms with E-state index in [0.717, 1.165) is 10.7 Å². The lowest BCUT2D eigenvalue weighted by molar-refractivity contribution is 0.0783. The summed E-state index contributed by atoms with van der Waals surface area (Å²) in [6.07, 6.45) is 1.42. The normalized spacial score (nSPS) is 10.5. The van der Waals surface area contributed by atoms with Gasteiger partial charge in [0.25, 0.3) is 5.91 Å². The number of carbonyl (C=O) groups excluding carboxylic acids is 1. The number of aryl methyl sites for hydroxylation is 1. The van der Waals surface area contributed by atoms with Crippen LogP contribution >= 0.6 is 34.5 Å². The van der Waals surface area contributed by atoms with E-state index in [9.17, 15) is 4.79 Å². The second kappa shape index (κ2) is 5.86. The molecule has 0 spiro atoms. The van der Waals surface area contributed by atoms with Gasteiger partial charge in [-0.1, -0.05) is 23.2 Å². The number of thiazole rings is 1. The number of pyridine rings is 1. The fourth-order valence-corrected chi connectivity index (χ4v) is 2.43. The maximum Gasteiger partial charge on any atom is 0.255 e. The monoisotopic (exact) mass is 315 g/mol. The van der Waals surface area contributed by atoms with Crippen LogP contribution in [0, 0.1) is 6.92 Å². The molecule has 0 fully saturated rings. The fourth-order valence-electron chi connectivity index (χ4n) is 1.55. The van der Waals surface area contributed by atoms with E-state index in [1.54, 1.807) is 23.3 Å². The number of hydrogen-bond donors (Lipinski definition) is 0. The Balaban J connectivity index is 2.12. The third kappa shape index (κ3) is 3.43. The van der Waals surface area contributed by atoms with Crippen molar-refractivity contribution in [3.63, 3.8) is 0 Å². The molecule has 2 rings (SSSR count). The second-order valence-corrected chi connectivity index (χ2v) is 5.84. The van der Waals surface area contributed by atoms with Crippen molar-refractivity contribution < 1.29 is 4.79 Å². The van der Waals surface area contributed by atoms with Crippen LogP contribution in [-0.4, -0.2) is 27.8 Å². The molecule has 2 heterocycles. The van der Waals surface area contributed by atoms with Crippen LogP contribution in [0.25, 0.3) is 0 Å². The van der Waals surface area contributed by atoms with Gasteiger partial charge in [0, 0.05) is 18.6 Å². The largest absolute Gasteiger partial charge is 0.336 e. The van der Waals surface area contributed by atoms with Gasteiger partial charge in [-0.2, -0.15) is 0 Å². The first-order valence-corrected chi connectivity index (χ1v) is 7.08. The number of aromatic nitrogens is 2. The van der Waals surface area contributed by atoms with Crippen LogP contribution in [0.1, 0.15) is 21.1 Å². The van der Waals surface area contributed by atoms with Crippen molar-refractivity contribution in [3.8, 4) is 0 Å². The first-order chi connectivity index (χ1) is 8.97. The summed E-state index contributed by atoms with van der Waals surface area (Å²) in [6.45, 7) is 2.38. The van der Waals surface area contributed by atoms with Gasteiger partial charge in [-0.15, -0.1) is 11.3 Å². The van der Waals surface area contributed by atoms with E-state index in [-0.39, 0.29) is 16.1 Å². The molecule has 0 saturated carbocycles. The van der Waals surface area contributed by atoms with Crippen molar-refractivity contribution in [3.05, 3.63) is 44.1 Å². The van der Waals surface area contributed by atoms with Crippen molar-refractivity contribution in [2.75, 3.05) is 7.05 Å². The van der Waals surface area contributed by atoms with Crippen LogP contribution in [0.2, 0.25) is 10.2 Å². The molecular weight excluding hydrogens is 305 g/mol. The molecule has 0 radical (unpaired) electrons. The van der Waals surface area contributed by atoms with Crippen molar-refractivity contribution in [1.82, 2.24) is 14.9 Å². The van der Waals surface area contributed by atoms with Gasteiger partial charge in [0.1, 0.15) is 5.15 Å². The highest BCUT2D eigenvalue weighted by Crippen LogP contribution is 2.20. The zero-order valence-electron chi connectivity index (χ0n) is 10.4. The summed E-state index contributed by atoms with van der Waals surface area (Å²) in [5, 5.41) is 3.38. The molecule has 0 aliphatic carbocycles. The van der Waals surface area contributed by atoms with Gasteiger partial charge in [0.2, 0.25) is 0 Å². The highest BCUT2D eigenvalue weighted by Gasteiger charge is 2.15. The first-order valence-electron chi connectivity index (χ1n) is 5.45. The smallest absolute Gasteiger partial charge is 0.255 e. The number of nitrogens with zero attached hydrogens (tertiary/aromatic N) is 3. The minimum atomic E-state index is -0.170. The van der Waals surface area contributed by atoms with Gasteiger partial charge in [0.05, 0.1) is 27.8 Å². The lowest BCUT2D eigenvalue weighted by atomic mass is 10.2. The number of rotatable bonds is 3. The standard InChI is InChI=1S/C12H11Cl2N3OS/c1-7-16-9(6-19-7)5-17(2)12(18)8-3-10(13)11(14)15-4-8/h3-4,6H,5H2,1-2H3. The first kappa shape index (κ1) is 14.2. The average molecular weight is 316 g/mol. The second-order valence-electron chi connectivity index (χ2n) is 4.02. The maximum atomic E-state index is 12.2. The molecule has 2 aromatic heterocycles. The van der Waals surface area contributed by atoms with Gasteiger partial charge in [-0.3, -0.25) is 4.79 Å². The van der Waals surface area contributed by atoms with Crippen LogP contribution in [0.4, 0.5) is 0 Å². The summed E-state index contributed by atoms with van der Waals surface area (Å²) < 4.78 is 0. The van der Waals surface area contributed by atoms with Crippen molar-refractivity contribution in [1.29, 1.82) is 0 Å². The van der Waals surface area contributed by atoms with Gasteiger partial charge >= 0.3 is 0 Å². The highest BCUT2D eigenvalue weighted by atomic mass is 35.5. The quantitative estimate of drug-likeness (QED) is 0.815. The summed E-state index contributed by atoms with van der Waals surface area (Å²) >= 11 is 13.1. The molecule has 0 saturated heterocycles. The predicted octanol–water partition coefficient (Wildman–Crippen LogP) is 3.43. The van der Waals surface area contributed by atoms with E-state index in [0.29, 0.717) is 12.1 Å². The van der Waals surface area contributed by atoms with E-state index in [2.05, 4.69) is 9.97 Å². The molecule has 0 bridgehead atoms. The van der Waals surface area contributed by atoms with E-state index in [1.807, 2.05) is 12.3 Å². The zero-order chi connectivity index (χ0) is 14.0. The molecule has 4 nitrogen and oxygen atoms in total. The lowest BCUT2D eigenvalue weighted by Crippen LogP contribution is -2.26. The molecule has 0 unspecified atom stereocenters. The zero-order valence-corrected chi connectivity index (χ0v) is 12.7. The van der Waals surface area contributed by atoms with Crippen molar-refractivity contribution >= 4 is 40.4 Å². The van der Waals surface area contributed by atoms with Crippen LogP contribution in [0.15, 0.2) is 17.6 Å². The highest BCUT2D eigenvalue weighted by molar-refractivity contribution is 7.09. The number of carbonyl (C=O) groups is 1. The minimum Gasteiger partial charge on any atom is -0.336 e. The summed E-state index contributed by atoms with van der Waals surface area (Å²) in [6, 6.07) is 1.52. The Morgan fingerprint density at radius 1 is 1.47 bits per heavy atom. The lowest BCUT2D eigenvalue weighted by Gasteiger charge is -2.15. The topological polar surface area (TPSA) is 46.1 Å². The Kier molecular flexibility index (Phi) is 4.39. The Morgan fingerprint density at radius 2 is 2.21 bits per heavy atom. The number of hydrogen-bond acceptors (Lipinski definition) is 4. The third-order valence-corrected chi connectivity index (χ3v) is 3.96. The Morgan fingerprint density at radius 3 is 2.79 bits per heavy atom. The molecule has 100 valence electrons. The van der Waals surface area contributed by atoms with Crippen LogP contribution < -0.4 is 0 Å². The van der Waals surface area contributed by atoms with E-state index >= 15 is 0 Å². The fraction of sp³-hybridized carbons (Fsp3) is 0.250. The Bertz CT molecular complexity index is 615. The summed E-state index contributed by atoms with van der Waals surface area (Å²) in [4.78, 5) is 21.9. The van der Waals surface area contributed by atoms with Gasteiger partial charge < -0.3 is 4.90 Å². The predicted molar refractivity (Wildman–Crippen MR) is 76.9 cm³/mol. The van der Waals surface area contributed by atoms with Crippen LogP contribution in [0.3, 0.4) is 0 Å². The summed E-state index contributed by atoms with van der Waals surface area (Å²) in [5.74, 6) is -0.170. The minimum absolute atomic E-state index is 0.170. The molecule has 7 heteroatoms. The Hall–Kier alpha value is -1.17. The summed E-state index contributed by atoms with van der Waals surface area (Å²) in [7, 11) is 1.71. The number of halogens is 2. The van der Waals surface area contributed by atoms with Gasteiger partial charge in [-0.25, -0.2) is 9.97 Å². The van der Waals surface area contributed by atoms with Crippen LogP contribution in [-0.2, 0) is 6.54 Å². The van der Waals surface area contributed by atoms with E-state index in [1.165, 1.54) is 12.3 Å². The van der Waals surface area contributed by atoms with Gasteiger partial charge in [-0.05, 0) is 13.0 Å². The molecule has 0 aliphatic heterocycles. The SMILES string of the molecule is Cc1nc(CN(C)C(=O)c2cnc(Cl)c(Cl)c2)cs1. The number of amides is 1. The molecule has 2 aromatic rings. The average Bonchev–Trinajstić information content (AvgIpc) is 2.77. The molecular formula is C12H11Cl2N3OS. The molecule has 0 atom stereocenters. The van der Waals surface area contributed by atoms with E-state index in [4.69, 9.17) is 23.2 Å². The molecule has 1 amide bonds. The maximum absolute atomic E-state index is 12.2. The molecule has 0 N–H and O–H groups in total.